The van der Waals surface area contributed by atoms with Gasteiger partial charge in [-0.3, -0.25) is 9.59 Å². The monoisotopic (exact) mass is 258 g/mol. The summed E-state index contributed by atoms with van der Waals surface area (Å²) < 4.78 is 0. The molecule has 0 heterocycles. The van der Waals surface area contributed by atoms with Crippen molar-refractivity contribution in [1.29, 1.82) is 0 Å². The number of nitrogens with one attached hydrogen (secondary N) is 2. The molecule has 0 aromatic heterocycles. The van der Waals surface area contributed by atoms with Gasteiger partial charge in [-0.15, -0.1) is 0 Å². The summed E-state index contributed by atoms with van der Waals surface area (Å²) in [4.78, 5) is 22.9. The highest BCUT2D eigenvalue weighted by Crippen LogP contribution is 2.05. The minimum Gasteiger partial charge on any atom is -0.393 e. The molecule has 0 aromatic rings. The number of aliphatic hydroxyl groups is 1. The molecular formula is C13H26N2O3. The SMILES string of the molecule is CC(=O)NC(C(=O)NCCC(O)C(C)C)C(C)C. The predicted molar refractivity (Wildman–Crippen MR) is 70.9 cm³/mol. The van der Waals surface area contributed by atoms with E-state index in [0.717, 1.165) is 0 Å². The molecule has 0 aromatic carbocycles. The minimum absolute atomic E-state index is 0.0314. The lowest BCUT2D eigenvalue weighted by molar-refractivity contribution is -0.129. The average Bonchev–Trinajstić information content (AvgIpc) is 2.24. The summed E-state index contributed by atoms with van der Waals surface area (Å²) in [6, 6.07) is -0.515. The van der Waals surface area contributed by atoms with Gasteiger partial charge in [-0.1, -0.05) is 27.7 Å². The first kappa shape index (κ1) is 16.9. The van der Waals surface area contributed by atoms with Crippen LogP contribution in [0.5, 0.6) is 0 Å². The van der Waals surface area contributed by atoms with Crippen molar-refractivity contribution in [3.8, 4) is 0 Å². The third-order valence-electron chi connectivity index (χ3n) is 2.82. The quantitative estimate of drug-likeness (QED) is 0.628. The minimum atomic E-state index is -0.515. The number of carbonyl (C=O) groups is 2. The first-order valence-electron chi connectivity index (χ1n) is 6.48. The topological polar surface area (TPSA) is 78.4 Å². The Bertz CT molecular complexity index is 277. The van der Waals surface area contributed by atoms with E-state index in [1.54, 1.807) is 0 Å². The molecular weight excluding hydrogens is 232 g/mol. The summed E-state index contributed by atoms with van der Waals surface area (Å²) in [5.74, 6) is -0.204. The van der Waals surface area contributed by atoms with Crippen molar-refractivity contribution in [2.24, 2.45) is 11.8 Å². The highest BCUT2D eigenvalue weighted by atomic mass is 16.3. The third-order valence-corrected chi connectivity index (χ3v) is 2.82. The van der Waals surface area contributed by atoms with Crippen LogP contribution in [-0.4, -0.2) is 35.6 Å². The van der Waals surface area contributed by atoms with Crippen molar-refractivity contribution in [2.75, 3.05) is 6.54 Å². The van der Waals surface area contributed by atoms with E-state index in [0.29, 0.717) is 13.0 Å². The molecule has 0 aliphatic carbocycles. The van der Waals surface area contributed by atoms with Gasteiger partial charge < -0.3 is 15.7 Å². The van der Waals surface area contributed by atoms with Crippen LogP contribution < -0.4 is 10.6 Å². The number of hydrogen-bond donors (Lipinski definition) is 3. The molecule has 2 amide bonds. The Morgan fingerprint density at radius 1 is 1.11 bits per heavy atom. The van der Waals surface area contributed by atoms with Gasteiger partial charge >= 0.3 is 0 Å². The van der Waals surface area contributed by atoms with Gasteiger partial charge in [0, 0.05) is 13.5 Å². The van der Waals surface area contributed by atoms with Crippen LogP contribution in [0.3, 0.4) is 0 Å². The zero-order chi connectivity index (χ0) is 14.3. The van der Waals surface area contributed by atoms with Gasteiger partial charge in [-0.2, -0.15) is 0 Å². The number of rotatable bonds is 7. The second-order valence-electron chi connectivity index (χ2n) is 5.31. The fraction of sp³-hybridized carbons (Fsp3) is 0.846. The number of carbonyl (C=O) groups excluding carboxylic acids is 2. The lowest BCUT2D eigenvalue weighted by Gasteiger charge is -2.21. The molecule has 18 heavy (non-hydrogen) atoms. The standard InChI is InChI=1S/C13H26N2O3/c1-8(2)11(17)6-7-14-13(18)12(9(3)4)15-10(5)16/h8-9,11-12,17H,6-7H2,1-5H3,(H,14,18)(H,15,16). The molecule has 2 unspecified atom stereocenters. The van der Waals surface area contributed by atoms with Crippen LogP contribution in [-0.2, 0) is 9.59 Å². The van der Waals surface area contributed by atoms with Crippen LogP contribution in [0, 0.1) is 11.8 Å². The number of hydrogen-bond acceptors (Lipinski definition) is 3. The van der Waals surface area contributed by atoms with E-state index >= 15 is 0 Å². The van der Waals surface area contributed by atoms with Crippen molar-refractivity contribution < 1.29 is 14.7 Å². The van der Waals surface area contributed by atoms with Crippen molar-refractivity contribution >= 4 is 11.8 Å². The van der Waals surface area contributed by atoms with Gasteiger partial charge in [0.05, 0.1) is 6.10 Å². The Morgan fingerprint density at radius 3 is 2.06 bits per heavy atom. The Balaban J connectivity index is 4.15. The van der Waals surface area contributed by atoms with Crippen LogP contribution in [0.25, 0.3) is 0 Å². The maximum atomic E-state index is 11.9. The second-order valence-corrected chi connectivity index (χ2v) is 5.31. The molecule has 3 N–H and O–H groups in total. The predicted octanol–water partition coefficient (Wildman–Crippen LogP) is 0.670. The lowest BCUT2D eigenvalue weighted by Crippen LogP contribution is -2.49. The van der Waals surface area contributed by atoms with Gasteiger partial charge in [0.1, 0.15) is 6.04 Å². The van der Waals surface area contributed by atoms with Crippen LogP contribution in [0.2, 0.25) is 0 Å². The smallest absolute Gasteiger partial charge is 0.242 e. The second kappa shape index (κ2) is 8.08. The molecule has 0 rings (SSSR count). The summed E-state index contributed by atoms with van der Waals surface area (Å²) in [7, 11) is 0. The third kappa shape index (κ3) is 6.59. The maximum absolute atomic E-state index is 11.9. The van der Waals surface area contributed by atoms with Crippen molar-refractivity contribution in [1.82, 2.24) is 10.6 Å². The molecule has 5 nitrogen and oxygen atoms in total. The molecule has 0 fully saturated rings. The van der Waals surface area contributed by atoms with Crippen LogP contribution in [0.4, 0.5) is 0 Å². The van der Waals surface area contributed by atoms with Gasteiger partial charge in [-0.25, -0.2) is 0 Å². The Kier molecular flexibility index (Phi) is 7.59. The fourth-order valence-electron chi connectivity index (χ4n) is 1.54. The summed E-state index contributed by atoms with van der Waals surface area (Å²) >= 11 is 0. The highest BCUT2D eigenvalue weighted by molar-refractivity contribution is 5.86. The Morgan fingerprint density at radius 2 is 1.67 bits per heavy atom. The molecule has 0 saturated heterocycles. The molecule has 0 aliphatic heterocycles. The molecule has 106 valence electrons. The molecule has 0 radical (unpaired) electrons. The van der Waals surface area contributed by atoms with Gasteiger partial charge in [0.2, 0.25) is 11.8 Å². The summed E-state index contributed by atoms with van der Waals surface area (Å²) in [6.45, 7) is 9.43. The average molecular weight is 258 g/mol. The van der Waals surface area contributed by atoms with Crippen LogP contribution >= 0.6 is 0 Å². The largest absolute Gasteiger partial charge is 0.393 e. The van der Waals surface area contributed by atoms with Gasteiger partial charge in [0.25, 0.3) is 0 Å². The van der Waals surface area contributed by atoms with Crippen LogP contribution in [0.15, 0.2) is 0 Å². The molecule has 0 bridgehead atoms. The Labute approximate surface area is 109 Å². The molecule has 0 saturated carbocycles. The zero-order valence-electron chi connectivity index (χ0n) is 12.0. The first-order chi connectivity index (χ1) is 8.25. The summed E-state index contributed by atoms with van der Waals surface area (Å²) in [5, 5.41) is 15.0. The van der Waals surface area contributed by atoms with E-state index < -0.39 is 12.1 Å². The first-order valence-corrected chi connectivity index (χ1v) is 6.48. The lowest BCUT2D eigenvalue weighted by atomic mass is 10.0. The van der Waals surface area contributed by atoms with Gasteiger partial charge in [-0.05, 0) is 18.3 Å². The van der Waals surface area contributed by atoms with E-state index in [1.807, 2.05) is 27.7 Å². The molecule has 0 spiro atoms. The molecule has 0 aliphatic rings. The van der Waals surface area contributed by atoms with E-state index in [9.17, 15) is 14.7 Å². The maximum Gasteiger partial charge on any atom is 0.242 e. The van der Waals surface area contributed by atoms with Crippen LogP contribution in [0.1, 0.15) is 41.0 Å². The summed E-state index contributed by atoms with van der Waals surface area (Å²) in [5.41, 5.74) is 0. The normalized spacial score (nSPS) is 14.4. The molecule has 5 heteroatoms. The van der Waals surface area contributed by atoms with E-state index in [4.69, 9.17) is 0 Å². The summed E-state index contributed by atoms with van der Waals surface area (Å²) in [6.07, 6.45) is 0.109. The van der Waals surface area contributed by atoms with E-state index in [1.165, 1.54) is 6.92 Å². The van der Waals surface area contributed by atoms with Crippen molar-refractivity contribution in [2.45, 2.75) is 53.2 Å². The highest BCUT2D eigenvalue weighted by Gasteiger charge is 2.22. The Hall–Kier alpha value is -1.10. The molecule has 2 atom stereocenters. The van der Waals surface area contributed by atoms with Crippen molar-refractivity contribution in [3.05, 3.63) is 0 Å². The number of aliphatic hydroxyl groups excluding tert-OH is 1. The number of amides is 2. The van der Waals surface area contributed by atoms with E-state index in [-0.39, 0.29) is 23.7 Å². The fourth-order valence-corrected chi connectivity index (χ4v) is 1.54. The van der Waals surface area contributed by atoms with Gasteiger partial charge in [0.15, 0.2) is 0 Å². The van der Waals surface area contributed by atoms with E-state index in [2.05, 4.69) is 10.6 Å². The van der Waals surface area contributed by atoms with Crippen molar-refractivity contribution in [3.63, 3.8) is 0 Å². The zero-order valence-corrected chi connectivity index (χ0v) is 12.0.